The Morgan fingerprint density at radius 1 is 1.18 bits per heavy atom. The van der Waals surface area contributed by atoms with Crippen LogP contribution in [0.15, 0.2) is 81.3 Å². The first-order chi connectivity index (χ1) is 13.6. The number of thioether (sulfide) groups is 1. The van der Waals surface area contributed by atoms with Gasteiger partial charge in [0, 0.05) is 11.3 Å². The molecule has 142 valence electrons. The minimum Gasteiger partial charge on any atom is -0.467 e. The van der Waals surface area contributed by atoms with Crippen molar-refractivity contribution in [1.29, 1.82) is 0 Å². The Hall–Kier alpha value is -2.50. The summed E-state index contributed by atoms with van der Waals surface area (Å²) in [6.07, 6.45) is 2.25. The highest BCUT2D eigenvalue weighted by atomic mass is 35.5. The zero-order chi connectivity index (χ0) is 19.5. The molecule has 0 unspecified atom stereocenters. The lowest BCUT2D eigenvalue weighted by atomic mass is 10.0. The number of hydrazone groups is 1. The monoisotopic (exact) mass is 410 g/mol. The van der Waals surface area contributed by atoms with E-state index in [9.17, 15) is 4.79 Å². The number of benzene rings is 2. The van der Waals surface area contributed by atoms with E-state index < -0.39 is 0 Å². The van der Waals surface area contributed by atoms with Gasteiger partial charge in [-0.15, -0.1) is 11.8 Å². The van der Waals surface area contributed by atoms with E-state index in [0.717, 1.165) is 21.9 Å². The van der Waals surface area contributed by atoms with Crippen LogP contribution >= 0.6 is 23.4 Å². The largest absolute Gasteiger partial charge is 0.467 e. The molecule has 6 heteroatoms. The molecular weight excluding hydrogens is 392 g/mol. The predicted molar refractivity (Wildman–Crippen MR) is 113 cm³/mol. The van der Waals surface area contributed by atoms with Crippen LogP contribution in [0.3, 0.4) is 0 Å². The molecule has 1 aromatic heterocycles. The van der Waals surface area contributed by atoms with E-state index in [1.165, 1.54) is 17.3 Å². The molecule has 3 aromatic rings. The summed E-state index contributed by atoms with van der Waals surface area (Å²) in [6, 6.07) is 19.2. The van der Waals surface area contributed by atoms with Crippen molar-refractivity contribution >= 4 is 35.0 Å². The van der Waals surface area contributed by atoms with Gasteiger partial charge in [-0.2, -0.15) is 5.10 Å². The molecule has 0 N–H and O–H groups in total. The number of rotatable bonds is 5. The molecule has 0 fully saturated rings. The van der Waals surface area contributed by atoms with Gasteiger partial charge in [0.1, 0.15) is 11.8 Å². The minimum atomic E-state index is -0.231. The van der Waals surface area contributed by atoms with E-state index in [1.807, 2.05) is 55.5 Å². The molecule has 0 saturated carbocycles. The molecule has 1 aliphatic rings. The Bertz CT molecular complexity index is 1000. The van der Waals surface area contributed by atoms with Crippen LogP contribution in [0.4, 0.5) is 0 Å². The zero-order valence-electron chi connectivity index (χ0n) is 15.3. The maximum absolute atomic E-state index is 13.0. The fourth-order valence-corrected chi connectivity index (χ4v) is 4.22. The van der Waals surface area contributed by atoms with Crippen molar-refractivity contribution in [3.05, 3.63) is 88.8 Å². The van der Waals surface area contributed by atoms with Crippen LogP contribution < -0.4 is 0 Å². The van der Waals surface area contributed by atoms with Gasteiger partial charge in [0.15, 0.2) is 0 Å². The van der Waals surface area contributed by atoms with Gasteiger partial charge in [-0.3, -0.25) is 4.79 Å². The van der Waals surface area contributed by atoms with Gasteiger partial charge >= 0.3 is 0 Å². The minimum absolute atomic E-state index is 0.0755. The lowest BCUT2D eigenvalue weighted by Gasteiger charge is -2.19. The number of amides is 1. The second-order valence-electron chi connectivity index (χ2n) is 6.61. The van der Waals surface area contributed by atoms with E-state index in [0.29, 0.717) is 11.4 Å². The first kappa shape index (κ1) is 18.8. The molecule has 2 heterocycles. The lowest BCUT2D eigenvalue weighted by Crippen LogP contribution is -2.28. The fraction of sp³-hybridized carbons (Fsp3) is 0.182. The first-order valence-electron chi connectivity index (χ1n) is 8.99. The Kier molecular flexibility index (Phi) is 5.55. The van der Waals surface area contributed by atoms with Gasteiger partial charge in [-0.05, 0) is 36.8 Å². The van der Waals surface area contributed by atoms with E-state index in [-0.39, 0.29) is 17.7 Å². The highest BCUT2D eigenvalue weighted by Gasteiger charge is 2.34. The summed E-state index contributed by atoms with van der Waals surface area (Å²) < 4.78 is 5.59. The Balaban J connectivity index is 1.56. The molecule has 0 radical (unpaired) electrons. The lowest BCUT2D eigenvalue weighted by molar-refractivity contribution is -0.130. The third kappa shape index (κ3) is 4.01. The van der Waals surface area contributed by atoms with Gasteiger partial charge in [0.25, 0.3) is 5.91 Å². The number of halogens is 1. The molecule has 4 nitrogen and oxygen atoms in total. The molecule has 1 aliphatic heterocycles. The van der Waals surface area contributed by atoms with Gasteiger partial charge in [-0.1, -0.05) is 53.6 Å². The molecule has 0 spiro atoms. The van der Waals surface area contributed by atoms with E-state index in [4.69, 9.17) is 16.0 Å². The molecule has 1 atom stereocenters. The van der Waals surface area contributed by atoms with Crippen LogP contribution in [0.1, 0.15) is 29.3 Å². The summed E-state index contributed by atoms with van der Waals surface area (Å²) in [6.45, 7) is 2.05. The number of aryl methyl sites for hydroxylation is 1. The maximum Gasteiger partial charge on any atom is 0.253 e. The van der Waals surface area contributed by atoms with E-state index in [1.54, 1.807) is 11.3 Å². The summed E-state index contributed by atoms with van der Waals surface area (Å²) in [7, 11) is 0. The van der Waals surface area contributed by atoms with Crippen molar-refractivity contribution < 1.29 is 9.21 Å². The summed E-state index contributed by atoms with van der Waals surface area (Å²) in [5.74, 6) is 0.918. The topological polar surface area (TPSA) is 45.8 Å². The van der Waals surface area contributed by atoms with Gasteiger partial charge < -0.3 is 4.42 Å². The van der Waals surface area contributed by atoms with Crippen molar-refractivity contribution in [2.75, 3.05) is 5.75 Å². The normalized spacial score (nSPS) is 16.3. The van der Waals surface area contributed by atoms with Crippen molar-refractivity contribution in [1.82, 2.24) is 5.01 Å². The third-order valence-corrected chi connectivity index (χ3v) is 6.11. The molecule has 28 heavy (non-hydrogen) atoms. The third-order valence-electron chi connectivity index (χ3n) is 4.61. The van der Waals surface area contributed by atoms with Crippen LogP contribution in [0.5, 0.6) is 0 Å². The first-order valence-corrected chi connectivity index (χ1v) is 10.4. The predicted octanol–water partition coefficient (Wildman–Crippen LogP) is 5.71. The van der Waals surface area contributed by atoms with E-state index >= 15 is 0 Å². The SMILES string of the molecule is Cc1ccc(C2=NN(C(=O)CSc3ccccc3Cl)[C@H](c3ccco3)C2)cc1. The highest BCUT2D eigenvalue weighted by Crippen LogP contribution is 2.34. The smallest absolute Gasteiger partial charge is 0.253 e. The highest BCUT2D eigenvalue weighted by molar-refractivity contribution is 8.00. The molecule has 1 amide bonds. The maximum atomic E-state index is 13.0. The summed E-state index contributed by atoms with van der Waals surface area (Å²) in [5, 5.41) is 6.85. The number of carbonyl (C=O) groups excluding carboxylic acids is 1. The van der Waals surface area contributed by atoms with E-state index in [2.05, 4.69) is 17.2 Å². The molecule has 0 bridgehead atoms. The van der Waals surface area contributed by atoms with Crippen molar-refractivity contribution in [2.45, 2.75) is 24.3 Å². The molecular formula is C22H19ClN2O2S. The van der Waals surface area contributed by atoms with Gasteiger partial charge in [0.2, 0.25) is 0 Å². The fourth-order valence-electron chi connectivity index (χ4n) is 3.13. The summed E-state index contributed by atoms with van der Waals surface area (Å²) in [4.78, 5) is 13.9. The van der Waals surface area contributed by atoms with Crippen molar-refractivity contribution in [3.8, 4) is 0 Å². The standard InChI is InChI=1S/C22H19ClN2O2S/c1-15-8-10-16(11-9-15)18-13-19(20-6-4-12-27-20)25(24-18)22(26)14-28-21-7-3-2-5-17(21)23/h2-12,19H,13-14H2,1H3/t19-/m0/s1. The van der Waals surface area contributed by atoms with Crippen LogP contribution in [0.2, 0.25) is 5.02 Å². The second-order valence-corrected chi connectivity index (χ2v) is 8.03. The molecule has 0 aliphatic carbocycles. The average molecular weight is 411 g/mol. The summed E-state index contributed by atoms with van der Waals surface area (Å²) >= 11 is 7.62. The van der Waals surface area contributed by atoms with Crippen LogP contribution in [0, 0.1) is 6.92 Å². The Morgan fingerprint density at radius 3 is 2.68 bits per heavy atom. The number of hydrogen-bond acceptors (Lipinski definition) is 4. The molecule has 4 rings (SSSR count). The second kappa shape index (κ2) is 8.25. The van der Waals surface area contributed by atoms with Crippen LogP contribution in [0.25, 0.3) is 0 Å². The molecule has 2 aromatic carbocycles. The van der Waals surface area contributed by atoms with Crippen LogP contribution in [-0.4, -0.2) is 22.4 Å². The molecule has 0 saturated heterocycles. The average Bonchev–Trinajstić information content (AvgIpc) is 3.37. The number of hydrogen-bond donors (Lipinski definition) is 0. The number of nitrogens with zero attached hydrogens (tertiary/aromatic N) is 2. The zero-order valence-corrected chi connectivity index (χ0v) is 16.9. The van der Waals surface area contributed by atoms with Crippen LogP contribution in [-0.2, 0) is 4.79 Å². The Labute approximate surface area is 173 Å². The number of carbonyl (C=O) groups is 1. The summed E-state index contributed by atoms with van der Waals surface area (Å²) in [5.41, 5.74) is 3.10. The Morgan fingerprint density at radius 2 is 1.96 bits per heavy atom. The van der Waals surface area contributed by atoms with Gasteiger partial charge in [0.05, 0.1) is 22.8 Å². The quantitative estimate of drug-likeness (QED) is 0.506. The van der Waals surface area contributed by atoms with Gasteiger partial charge in [-0.25, -0.2) is 5.01 Å². The number of furan rings is 1. The van der Waals surface area contributed by atoms with Crippen molar-refractivity contribution in [3.63, 3.8) is 0 Å². The van der Waals surface area contributed by atoms with Crippen molar-refractivity contribution in [2.24, 2.45) is 5.10 Å².